The molecule has 0 saturated carbocycles. The van der Waals surface area contributed by atoms with Crippen LogP contribution in [0.3, 0.4) is 0 Å². The minimum atomic E-state index is -5.16. The lowest BCUT2D eigenvalue weighted by atomic mass is 9.92. The maximum Gasteiger partial charge on any atom is 0.471 e. The van der Waals surface area contributed by atoms with Crippen LogP contribution in [0.25, 0.3) is 0 Å². The van der Waals surface area contributed by atoms with Crippen LogP contribution >= 0.6 is 0 Å². The van der Waals surface area contributed by atoms with Gasteiger partial charge in [-0.15, -0.1) is 0 Å². The lowest BCUT2D eigenvalue weighted by Gasteiger charge is -2.32. The fourth-order valence-corrected chi connectivity index (χ4v) is 3.71. The first-order valence-corrected chi connectivity index (χ1v) is 9.98. The zero-order valence-corrected chi connectivity index (χ0v) is 18.6. The van der Waals surface area contributed by atoms with Crippen molar-refractivity contribution in [1.29, 1.82) is 0 Å². The van der Waals surface area contributed by atoms with Crippen LogP contribution in [0, 0.1) is 6.92 Å². The second kappa shape index (κ2) is 9.62. The molecule has 2 rings (SSSR count). The predicted octanol–water partition coefficient (Wildman–Crippen LogP) is 4.33. The van der Waals surface area contributed by atoms with Crippen molar-refractivity contribution >= 4 is 23.5 Å². The van der Waals surface area contributed by atoms with E-state index in [2.05, 4.69) is 0 Å². The van der Waals surface area contributed by atoms with Gasteiger partial charge in [0.05, 0.1) is 18.4 Å². The Labute approximate surface area is 183 Å². The minimum absolute atomic E-state index is 0.0275. The molecule has 0 spiro atoms. The number of esters is 1. The highest BCUT2D eigenvalue weighted by molar-refractivity contribution is 6.08. The second-order valence-corrected chi connectivity index (χ2v) is 7.83. The Hall–Kier alpha value is -3.04. The number of alkyl halides is 3. The molecule has 10 heteroatoms. The summed E-state index contributed by atoms with van der Waals surface area (Å²) >= 11 is 0. The quantitative estimate of drug-likeness (QED) is 0.461. The van der Waals surface area contributed by atoms with E-state index >= 15 is 0 Å². The number of fused-ring (bicyclic) bond motifs is 1. The van der Waals surface area contributed by atoms with Crippen molar-refractivity contribution in [2.24, 2.45) is 0 Å². The fourth-order valence-electron chi connectivity index (χ4n) is 3.71. The Bertz CT molecular complexity index is 966. The van der Waals surface area contributed by atoms with Gasteiger partial charge in [-0.25, -0.2) is 4.79 Å². The molecule has 1 aliphatic rings. The number of rotatable bonds is 8. The summed E-state index contributed by atoms with van der Waals surface area (Å²) in [4.78, 5) is 36.3. The van der Waals surface area contributed by atoms with Gasteiger partial charge in [-0.1, -0.05) is 11.6 Å². The molecule has 32 heavy (non-hydrogen) atoms. The molecule has 0 bridgehead atoms. The van der Waals surface area contributed by atoms with Crippen LogP contribution in [0.5, 0.6) is 5.75 Å². The molecule has 0 radical (unpaired) electrons. The number of halogens is 3. The average molecular weight is 457 g/mol. The molecule has 1 N–H and O–H groups in total. The molecule has 0 aliphatic carbocycles. The van der Waals surface area contributed by atoms with E-state index in [1.807, 2.05) is 0 Å². The molecule has 1 aliphatic heterocycles. The van der Waals surface area contributed by atoms with E-state index in [1.165, 1.54) is 21.0 Å². The summed E-state index contributed by atoms with van der Waals surface area (Å²) in [5.74, 6) is -3.64. The van der Waals surface area contributed by atoms with Crippen LogP contribution in [0.15, 0.2) is 11.6 Å². The summed E-state index contributed by atoms with van der Waals surface area (Å²) in [6, 6.07) is -0.926. The zero-order valence-electron chi connectivity index (χ0n) is 18.6. The maximum absolute atomic E-state index is 13.5. The molecule has 1 amide bonds. The van der Waals surface area contributed by atoms with Crippen molar-refractivity contribution in [2.45, 2.75) is 65.8 Å². The first kappa shape index (κ1) is 25.2. The SMILES string of the molecule is COc1c(C)c2c(c(N(C(=O)C(F)(F)F)C(C)C)c1CC=C(C)CCC(=O)O)C(=O)OC2. The number of carboxylic acid groups (broad SMARTS) is 1. The summed E-state index contributed by atoms with van der Waals surface area (Å²) < 4.78 is 51.0. The van der Waals surface area contributed by atoms with Gasteiger partial charge < -0.3 is 19.5 Å². The Kier molecular flexibility index (Phi) is 7.58. The number of aliphatic carboxylic acids is 1. The van der Waals surface area contributed by atoms with E-state index in [9.17, 15) is 27.6 Å². The summed E-state index contributed by atoms with van der Waals surface area (Å²) in [6.07, 6.45) is -3.34. The number of carboxylic acids is 1. The van der Waals surface area contributed by atoms with Crippen LogP contribution < -0.4 is 9.64 Å². The largest absolute Gasteiger partial charge is 0.496 e. The number of cyclic esters (lactones) is 1. The minimum Gasteiger partial charge on any atom is -0.496 e. The summed E-state index contributed by atoms with van der Waals surface area (Å²) in [7, 11) is 1.35. The molecule has 1 aromatic rings. The molecule has 0 fully saturated rings. The standard InChI is InChI=1S/C22H26F3NO6/c1-11(2)26(21(30)22(23,24)25)18-14(8-6-12(3)7-9-16(27)28)19(31-5)13(4)15-10-32-20(29)17(15)18/h6,11H,7-10H2,1-5H3,(H,27,28). The van der Waals surface area contributed by atoms with Gasteiger partial charge in [-0.3, -0.25) is 9.59 Å². The van der Waals surface area contributed by atoms with Gasteiger partial charge in [0.25, 0.3) is 0 Å². The number of carbonyl (C=O) groups is 3. The Balaban J connectivity index is 2.78. The molecule has 0 unspecified atom stereocenters. The third-order valence-corrected chi connectivity index (χ3v) is 5.25. The molecule has 0 atom stereocenters. The third kappa shape index (κ3) is 5.05. The van der Waals surface area contributed by atoms with Gasteiger partial charge >= 0.3 is 24.0 Å². The number of benzene rings is 1. The molecule has 176 valence electrons. The Morgan fingerprint density at radius 2 is 1.91 bits per heavy atom. The number of hydrogen-bond donors (Lipinski definition) is 1. The van der Waals surface area contributed by atoms with E-state index in [1.54, 1.807) is 19.9 Å². The van der Waals surface area contributed by atoms with Crippen molar-refractivity contribution in [2.75, 3.05) is 12.0 Å². The number of hydrogen-bond acceptors (Lipinski definition) is 5. The highest BCUT2D eigenvalue weighted by Crippen LogP contribution is 2.44. The van der Waals surface area contributed by atoms with Gasteiger partial charge in [0, 0.05) is 23.6 Å². The first-order valence-electron chi connectivity index (χ1n) is 9.98. The average Bonchev–Trinajstić information content (AvgIpc) is 3.07. The van der Waals surface area contributed by atoms with Crippen LogP contribution in [0.2, 0.25) is 0 Å². The van der Waals surface area contributed by atoms with Crippen LogP contribution in [0.4, 0.5) is 18.9 Å². The Morgan fingerprint density at radius 1 is 1.28 bits per heavy atom. The van der Waals surface area contributed by atoms with Gasteiger partial charge in [0.1, 0.15) is 12.4 Å². The van der Waals surface area contributed by atoms with E-state index in [0.717, 1.165) is 0 Å². The summed E-state index contributed by atoms with van der Waals surface area (Å²) in [6.45, 7) is 6.06. The first-order chi connectivity index (χ1) is 14.8. The van der Waals surface area contributed by atoms with Gasteiger partial charge in [-0.05, 0) is 46.1 Å². The monoisotopic (exact) mass is 457 g/mol. The van der Waals surface area contributed by atoms with Gasteiger partial charge in [0.15, 0.2) is 0 Å². The van der Waals surface area contributed by atoms with Crippen LogP contribution in [-0.2, 0) is 27.4 Å². The topological polar surface area (TPSA) is 93.1 Å². The summed E-state index contributed by atoms with van der Waals surface area (Å²) in [5, 5.41) is 8.87. The van der Waals surface area contributed by atoms with Crippen molar-refractivity contribution < 1.29 is 42.1 Å². The van der Waals surface area contributed by atoms with Crippen LogP contribution in [0.1, 0.15) is 60.7 Å². The number of amides is 1. The lowest BCUT2D eigenvalue weighted by Crippen LogP contribution is -2.46. The van der Waals surface area contributed by atoms with E-state index in [-0.39, 0.29) is 48.4 Å². The number of carbonyl (C=O) groups excluding carboxylic acids is 2. The van der Waals surface area contributed by atoms with Crippen molar-refractivity contribution in [3.8, 4) is 5.75 Å². The zero-order chi connectivity index (χ0) is 24.4. The number of anilines is 1. The maximum atomic E-state index is 13.5. The normalized spacial score (nSPS) is 13.8. The van der Waals surface area contributed by atoms with Crippen LogP contribution in [-0.4, -0.2) is 42.3 Å². The second-order valence-electron chi connectivity index (χ2n) is 7.83. The molecule has 1 heterocycles. The highest BCUT2D eigenvalue weighted by Gasteiger charge is 2.47. The number of methoxy groups -OCH3 is 1. The Morgan fingerprint density at radius 3 is 2.41 bits per heavy atom. The molecule has 0 saturated heterocycles. The van der Waals surface area contributed by atoms with E-state index in [0.29, 0.717) is 21.6 Å². The smallest absolute Gasteiger partial charge is 0.471 e. The van der Waals surface area contributed by atoms with Crippen molar-refractivity contribution in [3.05, 3.63) is 33.9 Å². The molecular formula is C22H26F3NO6. The van der Waals surface area contributed by atoms with Gasteiger partial charge in [0.2, 0.25) is 0 Å². The van der Waals surface area contributed by atoms with E-state index in [4.69, 9.17) is 14.6 Å². The molecular weight excluding hydrogens is 431 g/mol. The molecule has 1 aromatic carbocycles. The number of allylic oxidation sites excluding steroid dienone is 2. The highest BCUT2D eigenvalue weighted by atomic mass is 19.4. The predicted molar refractivity (Wildman–Crippen MR) is 110 cm³/mol. The lowest BCUT2D eigenvalue weighted by molar-refractivity contribution is -0.170. The fraction of sp³-hybridized carbons (Fsp3) is 0.500. The molecule has 7 nitrogen and oxygen atoms in total. The van der Waals surface area contributed by atoms with E-state index < -0.39 is 30.1 Å². The van der Waals surface area contributed by atoms with Gasteiger partial charge in [-0.2, -0.15) is 13.2 Å². The number of ether oxygens (including phenoxy) is 2. The van der Waals surface area contributed by atoms with Crippen molar-refractivity contribution in [3.63, 3.8) is 0 Å². The molecule has 0 aromatic heterocycles. The summed E-state index contributed by atoms with van der Waals surface area (Å²) in [5.41, 5.74) is 1.55. The number of nitrogens with zero attached hydrogens (tertiary/aromatic N) is 1. The third-order valence-electron chi connectivity index (χ3n) is 5.25. The van der Waals surface area contributed by atoms with Crippen molar-refractivity contribution in [1.82, 2.24) is 0 Å².